The molecular formula is C38H81P. The van der Waals surface area contributed by atoms with Crippen LogP contribution in [-0.2, 0) is 0 Å². The van der Waals surface area contributed by atoms with Gasteiger partial charge in [-0.3, -0.25) is 0 Å². The Balaban J connectivity index is 3.26. The molecule has 0 rings (SSSR count). The molecule has 0 unspecified atom stereocenters. The first-order valence-corrected chi connectivity index (χ1v) is 22.5. The summed E-state index contributed by atoms with van der Waals surface area (Å²) in [6.07, 6.45) is 50.6. The standard InChI is InChI=1S/C38H81P/c1-5-7-9-11-13-15-17-19-21-23-25-27-29-31-33-35-37-39(3,4)38-36-34-32-30-28-26-24-22-20-18-16-14-12-10-8-6-2/h39H,5-38H2,1-4H3. The molecule has 0 fully saturated rings. The molecule has 0 spiro atoms. The zero-order valence-corrected chi connectivity index (χ0v) is 29.5. The molecule has 0 heterocycles. The molecule has 0 amide bonds. The van der Waals surface area contributed by atoms with Crippen LogP contribution in [0.1, 0.15) is 219 Å². The summed E-state index contributed by atoms with van der Waals surface area (Å²) in [5.41, 5.74) is 0. The van der Waals surface area contributed by atoms with Crippen molar-refractivity contribution in [2.45, 2.75) is 219 Å². The van der Waals surface area contributed by atoms with Gasteiger partial charge in [0.2, 0.25) is 0 Å². The first kappa shape index (κ1) is 39.4. The Morgan fingerprint density at radius 1 is 0.231 bits per heavy atom. The molecule has 0 saturated carbocycles. The predicted octanol–water partition coefficient (Wildman–Crippen LogP) is 14.5. The number of rotatable bonds is 34. The summed E-state index contributed by atoms with van der Waals surface area (Å²) in [5, 5.41) is 0. The van der Waals surface area contributed by atoms with Gasteiger partial charge >= 0.3 is 174 Å². The second-order valence-corrected chi connectivity index (χ2v) is 19.6. The van der Waals surface area contributed by atoms with Crippen molar-refractivity contribution in [3.63, 3.8) is 0 Å². The van der Waals surface area contributed by atoms with Gasteiger partial charge in [-0.25, -0.2) is 0 Å². The van der Waals surface area contributed by atoms with E-state index in [2.05, 4.69) is 27.2 Å². The summed E-state index contributed by atoms with van der Waals surface area (Å²) in [7, 11) is -0.918. The van der Waals surface area contributed by atoms with Gasteiger partial charge in [0.25, 0.3) is 0 Å². The Morgan fingerprint density at radius 3 is 0.564 bits per heavy atom. The summed E-state index contributed by atoms with van der Waals surface area (Å²) in [4.78, 5) is 0. The van der Waals surface area contributed by atoms with Crippen LogP contribution in [-0.4, -0.2) is 25.7 Å². The van der Waals surface area contributed by atoms with E-state index in [-0.39, 0.29) is 0 Å². The molecule has 238 valence electrons. The van der Waals surface area contributed by atoms with Gasteiger partial charge in [0.05, 0.1) is 0 Å². The zero-order chi connectivity index (χ0) is 28.5. The molecule has 0 aliphatic rings. The fraction of sp³-hybridized carbons (Fsp3) is 1.00. The van der Waals surface area contributed by atoms with E-state index in [4.69, 9.17) is 0 Å². The third-order valence-electron chi connectivity index (χ3n) is 9.41. The minimum Gasteiger partial charge on any atom is -0.0654 e. The predicted molar refractivity (Wildman–Crippen MR) is 189 cm³/mol. The van der Waals surface area contributed by atoms with Gasteiger partial charge < -0.3 is 0 Å². The number of unbranched alkanes of at least 4 members (excludes halogenated alkanes) is 30. The summed E-state index contributed by atoms with van der Waals surface area (Å²) >= 11 is 0. The van der Waals surface area contributed by atoms with Crippen LogP contribution in [0.2, 0.25) is 0 Å². The van der Waals surface area contributed by atoms with E-state index in [9.17, 15) is 0 Å². The monoisotopic (exact) mass is 569 g/mol. The normalized spacial score (nSPS) is 12.4. The number of hydrogen-bond acceptors (Lipinski definition) is 0. The first-order chi connectivity index (χ1) is 19.1. The van der Waals surface area contributed by atoms with Gasteiger partial charge in [0, 0.05) is 0 Å². The Morgan fingerprint density at radius 2 is 0.385 bits per heavy atom. The van der Waals surface area contributed by atoms with Crippen molar-refractivity contribution in [2.24, 2.45) is 0 Å². The van der Waals surface area contributed by atoms with Crippen molar-refractivity contribution in [2.75, 3.05) is 25.7 Å². The maximum absolute atomic E-state index is 2.67. The van der Waals surface area contributed by atoms with Crippen LogP contribution in [0.25, 0.3) is 0 Å². The molecule has 0 aliphatic carbocycles. The maximum atomic E-state index is 2.67. The van der Waals surface area contributed by atoms with E-state index in [1.165, 1.54) is 205 Å². The first-order valence-electron chi connectivity index (χ1n) is 19.1. The molecule has 0 aromatic carbocycles. The van der Waals surface area contributed by atoms with E-state index in [1.54, 1.807) is 12.3 Å². The second kappa shape index (κ2) is 32.9. The zero-order valence-electron chi connectivity index (χ0n) is 28.5. The fourth-order valence-electron chi connectivity index (χ4n) is 6.43. The summed E-state index contributed by atoms with van der Waals surface area (Å²) in [6.45, 7) is 9.96. The minimum atomic E-state index is -0.918. The van der Waals surface area contributed by atoms with Gasteiger partial charge in [0.1, 0.15) is 0 Å². The fourth-order valence-corrected chi connectivity index (χ4v) is 9.09. The molecule has 0 aliphatic heterocycles. The molecule has 0 aromatic rings. The van der Waals surface area contributed by atoms with Crippen molar-refractivity contribution in [1.82, 2.24) is 0 Å². The van der Waals surface area contributed by atoms with Gasteiger partial charge in [-0.2, -0.15) is 0 Å². The quantitative estimate of drug-likeness (QED) is 0.0535. The summed E-state index contributed by atoms with van der Waals surface area (Å²) < 4.78 is 0. The van der Waals surface area contributed by atoms with Crippen molar-refractivity contribution in [1.29, 1.82) is 0 Å². The molecule has 0 nitrogen and oxygen atoms in total. The van der Waals surface area contributed by atoms with Gasteiger partial charge in [0.15, 0.2) is 0 Å². The molecular weight excluding hydrogens is 487 g/mol. The van der Waals surface area contributed by atoms with Crippen LogP contribution in [0.15, 0.2) is 0 Å². The molecule has 0 N–H and O–H groups in total. The van der Waals surface area contributed by atoms with Gasteiger partial charge in [-0.05, 0) is 0 Å². The molecule has 39 heavy (non-hydrogen) atoms. The van der Waals surface area contributed by atoms with Crippen molar-refractivity contribution in [3.05, 3.63) is 0 Å². The van der Waals surface area contributed by atoms with E-state index in [0.29, 0.717) is 0 Å². The molecule has 0 atom stereocenters. The Labute approximate surface area is 251 Å². The molecule has 0 radical (unpaired) electrons. The van der Waals surface area contributed by atoms with Crippen LogP contribution < -0.4 is 0 Å². The van der Waals surface area contributed by atoms with Crippen LogP contribution in [0.5, 0.6) is 0 Å². The average Bonchev–Trinajstić information content (AvgIpc) is 2.92. The third-order valence-corrected chi connectivity index (χ3v) is 12.8. The van der Waals surface area contributed by atoms with E-state index >= 15 is 0 Å². The molecule has 0 saturated heterocycles. The van der Waals surface area contributed by atoms with E-state index in [1.807, 2.05) is 0 Å². The van der Waals surface area contributed by atoms with Crippen LogP contribution in [0, 0.1) is 0 Å². The van der Waals surface area contributed by atoms with Crippen LogP contribution in [0.3, 0.4) is 0 Å². The topological polar surface area (TPSA) is 0 Å². The molecule has 1 heteroatoms. The van der Waals surface area contributed by atoms with E-state index < -0.39 is 7.26 Å². The summed E-state index contributed by atoms with van der Waals surface area (Å²) in [6, 6.07) is 0. The SMILES string of the molecule is CCCCCCCCCCCCCCCCCC[PH](C)(C)CCCCCCCCCCCCCCCCCC. The van der Waals surface area contributed by atoms with E-state index in [0.717, 1.165) is 0 Å². The Kier molecular flexibility index (Phi) is 33.3. The average molecular weight is 569 g/mol. The number of hydrogen-bond donors (Lipinski definition) is 0. The van der Waals surface area contributed by atoms with Crippen molar-refractivity contribution in [3.8, 4) is 0 Å². The van der Waals surface area contributed by atoms with Gasteiger partial charge in [-0.15, -0.1) is 0 Å². The van der Waals surface area contributed by atoms with Crippen molar-refractivity contribution < 1.29 is 0 Å². The summed E-state index contributed by atoms with van der Waals surface area (Å²) in [5.74, 6) is 0. The Bertz CT molecular complexity index is 390. The van der Waals surface area contributed by atoms with Crippen LogP contribution in [0.4, 0.5) is 0 Å². The minimum absolute atomic E-state index is 0.918. The van der Waals surface area contributed by atoms with Gasteiger partial charge in [-0.1, -0.05) is 78.1 Å². The molecule has 0 bridgehead atoms. The second-order valence-electron chi connectivity index (χ2n) is 14.3. The van der Waals surface area contributed by atoms with Crippen LogP contribution >= 0.6 is 7.26 Å². The smallest absolute Gasteiger partial charge is 0.0654 e. The van der Waals surface area contributed by atoms with Crippen molar-refractivity contribution >= 4 is 7.26 Å². The third kappa shape index (κ3) is 34.5. The molecule has 0 aromatic heterocycles. The Hall–Kier alpha value is 0.430.